The predicted octanol–water partition coefficient (Wildman–Crippen LogP) is 2.84. The molecule has 2 aromatic heterocycles. The maximum atomic E-state index is 12.7. The van der Waals surface area contributed by atoms with Crippen molar-refractivity contribution in [3.05, 3.63) is 54.2 Å². The molecule has 1 N–H and O–H groups in total. The lowest BCUT2D eigenvalue weighted by molar-refractivity contribution is 0.0703. The van der Waals surface area contributed by atoms with Gasteiger partial charge in [0.25, 0.3) is 5.91 Å². The second-order valence-corrected chi connectivity index (χ2v) is 7.68. The summed E-state index contributed by atoms with van der Waals surface area (Å²) in [5.74, 6) is 1.06. The van der Waals surface area contributed by atoms with E-state index in [1.165, 1.54) is 24.7 Å². The smallest absolute Gasteiger partial charge is 0.275 e. The summed E-state index contributed by atoms with van der Waals surface area (Å²) in [7, 11) is 0. The number of nitrogens with zero attached hydrogens (tertiary/aromatic N) is 4. The number of carbonyl (C=O) groups excluding carboxylic acids is 1. The van der Waals surface area contributed by atoms with Gasteiger partial charge in [-0.2, -0.15) is 5.10 Å². The van der Waals surface area contributed by atoms with Crippen LogP contribution in [0.15, 0.2) is 47.3 Å². The maximum absolute atomic E-state index is 12.7. The summed E-state index contributed by atoms with van der Waals surface area (Å²) in [4.78, 5) is 18.9. The third-order valence-corrected chi connectivity index (χ3v) is 5.42. The van der Waals surface area contributed by atoms with E-state index in [2.05, 4.69) is 46.6 Å². The lowest BCUT2D eigenvalue weighted by Gasteiger charge is -2.31. The van der Waals surface area contributed by atoms with Crippen LogP contribution in [0.1, 0.15) is 41.7 Å². The molecule has 5 rings (SSSR count). The summed E-state index contributed by atoms with van der Waals surface area (Å²) in [5, 5.41) is 7.75. The molecule has 0 bridgehead atoms. The van der Waals surface area contributed by atoms with Crippen molar-refractivity contribution < 1.29 is 9.21 Å². The number of hydrogen-bond donors (Lipinski definition) is 1. The molecule has 144 valence electrons. The van der Waals surface area contributed by atoms with E-state index >= 15 is 0 Å². The summed E-state index contributed by atoms with van der Waals surface area (Å²) in [6, 6.07) is 8.80. The first kappa shape index (κ1) is 17.2. The van der Waals surface area contributed by atoms with Gasteiger partial charge in [-0.1, -0.05) is 12.1 Å². The summed E-state index contributed by atoms with van der Waals surface area (Å²) >= 11 is 0. The molecule has 0 unspecified atom stereocenters. The molecular formula is C21H23N5O2. The molecular weight excluding hydrogens is 354 g/mol. The van der Waals surface area contributed by atoms with E-state index in [0.29, 0.717) is 24.7 Å². The molecule has 1 aliphatic heterocycles. The van der Waals surface area contributed by atoms with Crippen molar-refractivity contribution in [2.45, 2.75) is 31.7 Å². The summed E-state index contributed by atoms with van der Waals surface area (Å²) in [6.07, 6.45) is 7.61. The van der Waals surface area contributed by atoms with Gasteiger partial charge >= 0.3 is 0 Å². The van der Waals surface area contributed by atoms with E-state index in [1.807, 2.05) is 11.1 Å². The molecule has 1 saturated carbocycles. The molecule has 1 amide bonds. The first-order chi connectivity index (χ1) is 13.7. The summed E-state index contributed by atoms with van der Waals surface area (Å²) in [6.45, 7) is 4.22. The number of oxazole rings is 1. The van der Waals surface area contributed by atoms with Gasteiger partial charge in [0, 0.05) is 31.9 Å². The average molecular weight is 377 g/mol. The molecule has 1 aliphatic carbocycles. The van der Waals surface area contributed by atoms with Crippen LogP contribution in [0.5, 0.6) is 0 Å². The maximum Gasteiger partial charge on any atom is 0.275 e. The zero-order chi connectivity index (χ0) is 19.1. The van der Waals surface area contributed by atoms with Gasteiger partial charge < -0.3 is 14.6 Å². The highest BCUT2D eigenvalue weighted by atomic mass is 16.3. The van der Waals surface area contributed by atoms with Crippen molar-refractivity contribution in [2.75, 3.05) is 19.6 Å². The minimum absolute atomic E-state index is 0.0913. The fourth-order valence-electron chi connectivity index (χ4n) is 3.67. The lowest BCUT2D eigenvalue weighted by Crippen LogP contribution is -2.51. The van der Waals surface area contributed by atoms with Crippen molar-refractivity contribution >= 4 is 5.91 Å². The van der Waals surface area contributed by atoms with Crippen LogP contribution in [0.25, 0.3) is 17.1 Å². The number of hydrogen-bond acceptors (Lipinski definition) is 5. The van der Waals surface area contributed by atoms with Gasteiger partial charge in [0.05, 0.1) is 17.4 Å². The van der Waals surface area contributed by atoms with Crippen LogP contribution in [-0.2, 0) is 0 Å². The highest BCUT2D eigenvalue weighted by Crippen LogP contribution is 2.40. The number of carbonyl (C=O) groups is 1. The normalized spacial score (nSPS) is 19.8. The van der Waals surface area contributed by atoms with Crippen molar-refractivity contribution in [3.8, 4) is 17.1 Å². The Labute approximate surface area is 163 Å². The van der Waals surface area contributed by atoms with E-state index in [-0.39, 0.29) is 11.9 Å². The second kappa shape index (κ2) is 6.91. The van der Waals surface area contributed by atoms with Gasteiger partial charge in [-0.15, -0.1) is 0 Å². The molecule has 2 fully saturated rings. The van der Waals surface area contributed by atoms with E-state index in [0.717, 1.165) is 23.7 Å². The Morgan fingerprint density at radius 1 is 1.25 bits per heavy atom. The molecule has 3 heterocycles. The monoisotopic (exact) mass is 377 g/mol. The highest BCUT2D eigenvalue weighted by Gasteiger charge is 2.25. The summed E-state index contributed by atoms with van der Waals surface area (Å²) in [5.41, 5.74) is 3.48. The van der Waals surface area contributed by atoms with Gasteiger partial charge in [-0.05, 0) is 43.4 Å². The van der Waals surface area contributed by atoms with Gasteiger partial charge in [-0.3, -0.25) is 4.79 Å². The minimum Gasteiger partial charge on any atom is -0.444 e. The number of amides is 1. The zero-order valence-electron chi connectivity index (χ0n) is 15.8. The van der Waals surface area contributed by atoms with Crippen molar-refractivity contribution in [1.82, 2.24) is 25.0 Å². The van der Waals surface area contributed by atoms with Gasteiger partial charge in [0.2, 0.25) is 5.89 Å². The Balaban J connectivity index is 1.32. The molecule has 7 heteroatoms. The average Bonchev–Trinajstić information content (AvgIpc) is 3.25. The minimum atomic E-state index is -0.0913. The largest absolute Gasteiger partial charge is 0.444 e. The first-order valence-electron chi connectivity index (χ1n) is 9.81. The number of rotatable bonds is 4. The van der Waals surface area contributed by atoms with Crippen LogP contribution >= 0.6 is 0 Å². The second-order valence-electron chi connectivity index (χ2n) is 7.68. The molecule has 1 atom stereocenters. The van der Waals surface area contributed by atoms with Gasteiger partial charge in [-0.25, -0.2) is 9.67 Å². The van der Waals surface area contributed by atoms with Crippen LogP contribution in [0.2, 0.25) is 0 Å². The quantitative estimate of drug-likeness (QED) is 0.757. The molecule has 3 aromatic rings. The van der Waals surface area contributed by atoms with Crippen LogP contribution in [-0.4, -0.2) is 51.2 Å². The standard InChI is InChI=1S/C21H23N5O2/c1-14-11-25(9-8-22-14)21(27)19-13-28-20(24-19)17-10-23-26(12-17)18-6-4-16(5-7-18)15-2-3-15/h4-7,10,12-15,22H,2-3,8-9,11H2,1H3/t14-/m0/s1. The van der Waals surface area contributed by atoms with Crippen molar-refractivity contribution in [2.24, 2.45) is 0 Å². The van der Waals surface area contributed by atoms with Gasteiger partial charge in [0.15, 0.2) is 5.69 Å². The van der Waals surface area contributed by atoms with Crippen molar-refractivity contribution in [3.63, 3.8) is 0 Å². The molecule has 2 aliphatic rings. The highest BCUT2D eigenvalue weighted by molar-refractivity contribution is 5.92. The fraction of sp³-hybridized carbons (Fsp3) is 0.381. The fourth-order valence-corrected chi connectivity index (χ4v) is 3.67. The molecule has 7 nitrogen and oxygen atoms in total. The third kappa shape index (κ3) is 3.33. The number of piperazine rings is 1. The van der Waals surface area contributed by atoms with Crippen LogP contribution in [0.4, 0.5) is 0 Å². The van der Waals surface area contributed by atoms with Crippen molar-refractivity contribution in [1.29, 1.82) is 0 Å². The van der Waals surface area contributed by atoms with Crippen LogP contribution < -0.4 is 5.32 Å². The topological polar surface area (TPSA) is 76.2 Å². The predicted molar refractivity (Wildman–Crippen MR) is 104 cm³/mol. The number of aromatic nitrogens is 3. The number of nitrogens with one attached hydrogen (secondary N) is 1. The zero-order valence-corrected chi connectivity index (χ0v) is 15.8. The molecule has 0 radical (unpaired) electrons. The van der Waals surface area contributed by atoms with E-state index in [9.17, 15) is 4.79 Å². The first-order valence-corrected chi connectivity index (χ1v) is 9.81. The Kier molecular flexibility index (Phi) is 4.24. The van der Waals surface area contributed by atoms with Crippen LogP contribution in [0.3, 0.4) is 0 Å². The third-order valence-electron chi connectivity index (χ3n) is 5.42. The SMILES string of the molecule is C[C@H]1CN(C(=O)c2coc(-c3cnn(-c4ccc(C5CC5)cc4)c3)n2)CCN1. The Bertz CT molecular complexity index is 986. The van der Waals surface area contributed by atoms with Gasteiger partial charge in [0.1, 0.15) is 6.26 Å². The van der Waals surface area contributed by atoms with E-state index in [1.54, 1.807) is 10.9 Å². The Morgan fingerprint density at radius 3 is 2.82 bits per heavy atom. The lowest BCUT2D eigenvalue weighted by atomic mass is 10.1. The number of benzene rings is 1. The molecule has 28 heavy (non-hydrogen) atoms. The molecule has 0 spiro atoms. The van der Waals surface area contributed by atoms with E-state index < -0.39 is 0 Å². The molecule has 1 aromatic carbocycles. The Morgan fingerprint density at radius 2 is 2.07 bits per heavy atom. The Hall–Kier alpha value is -2.93. The summed E-state index contributed by atoms with van der Waals surface area (Å²) < 4.78 is 7.37. The van der Waals surface area contributed by atoms with E-state index in [4.69, 9.17) is 4.42 Å². The molecule has 1 saturated heterocycles. The van der Waals surface area contributed by atoms with Crippen LogP contribution in [0, 0.1) is 0 Å².